The van der Waals surface area contributed by atoms with Crippen molar-refractivity contribution in [2.24, 2.45) is 0 Å². The van der Waals surface area contributed by atoms with Gasteiger partial charge in [0.15, 0.2) is 0 Å². The Morgan fingerprint density at radius 1 is 1.29 bits per heavy atom. The van der Waals surface area contributed by atoms with Crippen LogP contribution in [0.2, 0.25) is 0 Å². The van der Waals surface area contributed by atoms with E-state index in [1.807, 2.05) is 0 Å². The van der Waals surface area contributed by atoms with Gasteiger partial charge in [0.1, 0.15) is 5.82 Å². The number of imidazole rings is 1. The largest absolute Gasteiger partial charge is 0.317 e. The summed E-state index contributed by atoms with van der Waals surface area (Å²) in [5, 5.41) is 5.62. The van der Waals surface area contributed by atoms with Crippen molar-refractivity contribution in [1.82, 2.24) is 15.0 Å². The Labute approximate surface area is 103 Å². The molecule has 1 aliphatic carbocycles. The molecule has 0 saturated heterocycles. The number of nitrogens with zero attached hydrogens (tertiary/aromatic N) is 3. The van der Waals surface area contributed by atoms with Crippen LogP contribution in [0.4, 0.5) is 0 Å². The van der Waals surface area contributed by atoms with Crippen LogP contribution in [-0.4, -0.2) is 30.3 Å². The highest BCUT2D eigenvalue weighted by Gasteiger charge is 2.27. The predicted octanol–water partition coefficient (Wildman–Crippen LogP) is 1.38. The number of nitrogens with one attached hydrogen (secondary N) is 1. The van der Waals surface area contributed by atoms with Crippen LogP contribution in [0.25, 0.3) is 0 Å². The third kappa shape index (κ3) is 1.84. The Hall–Kier alpha value is -1.03. The third-order valence-electron chi connectivity index (χ3n) is 4.01. The van der Waals surface area contributed by atoms with E-state index in [0.717, 1.165) is 19.5 Å². The van der Waals surface area contributed by atoms with E-state index in [4.69, 9.17) is 4.98 Å². The molecule has 0 atom stereocenters. The first-order chi connectivity index (χ1) is 8.27. The summed E-state index contributed by atoms with van der Waals surface area (Å²) in [5.41, 5.74) is 2.70. The number of hydrogen-bond donors (Lipinski definition) is 1. The fourth-order valence-electron chi connectivity index (χ4n) is 3.21. The first kappa shape index (κ1) is 11.1. The van der Waals surface area contributed by atoms with Crippen molar-refractivity contribution in [3.8, 4) is 0 Å². The Morgan fingerprint density at radius 3 is 2.76 bits per heavy atom. The Kier molecular flexibility index (Phi) is 2.82. The van der Waals surface area contributed by atoms with E-state index < -0.39 is 0 Å². The highest BCUT2D eigenvalue weighted by Crippen LogP contribution is 2.34. The fraction of sp³-hybridized carbons (Fsp3) is 0.769. The summed E-state index contributed by atoms with van der Waals surface area (Å²) in [6.45, 7) is 2.02. The fourth-order valence-corrected chi connectivity index (χ4v) is 3.21. The summed E-state index contributed by atoms with van der Waals surface area (Å²) in [5.74, 6) is 1.99. The first-order valence-corrected chi connectivity index (χ1v) is 6.76. The van der Waals surface area contributed by atoms with Crippen molar-refractivity contribution >= 4 is 0 Å². The summed E-state index contributed by atoms with van der Waals surface area (Å²) >= 11 is 0. The minimum Gasteiger partial charge on any atom is -0.317 e. The molecule has 1 fully saturated rings. The molecular weight excluding hydrogens is 212 g/mol. The van der Waals surface area contributed by atoms with Gasteiger partial charge in [0.05, 0.1) is 11.4 Å². The van der Waals surface area contributed by atoms with Crippen LogP contribution in [0.1, 0.15) is 48.8 Å². The molecule has 17 heavy (non-hydrogen) atoms. The van der Waals surface area contributed by atoms with E-state index in [-0.39, 0.29) is 0 Å². The zero-order valence-electron chi connectivity index (χ0n) is 10.9. The summed E-state index contributed by atoms with van der Waals surface area (Å²) in [6.07, 6.45) is 6.48. The first-order valence-electron chi connectivity index (χ1n) is 6.76. The van der Waals surface area contributed by atoms with E-state index in [0.29, 0.717) is 5.92 Å². The molecule has 0 radical (unpaired) electrons. The number of hydrogen-bond acceptors (Lipinski definition) is 3. The van der Waals surface area contributed by atoms with Crippen molar-refractivity contribution < 1.29 is 0 Å². The van der Waals surface area contributed by atoms with E-state index >= 15 is 0 Å². The molecule has 0 aromatic carbocycles. The van der Waals surface area contributed by atoms with Crippen LogP contribution in [0.15, 0.2) is 0 Å². The summed E-state index contributed by atoms with van der Waals surface area (Å²) in [6, 6.07) is 0. The van der Waals surface area contributed by atoms with Gasteiger partial charge in [-0.15, -0.1) is 0 Å². The summed E-state index contributed by atoms with van der Waals surface area (Å²) in [7, 11) is 4.25. The highest BCUT2D eigenvalue weighted by atomic mass is 15.5. The smallest absolute Gasteiger partial charge is 0.131 e. The maximum atomic E-state index is 4.91. The average Bonchev–Trinajstić information content (AvgIpc) is 2.95. The van der Waals surface area contributed by atoms with Gasteiger partial charge >= 0.3 is 0 Å². The SMILES string of the molecule is CN(C)n1c(C2CCCC2)nc2c1CCNC2. The van der Waals surface area contributed by atoms with Gasteiger partial charge in [-0.1, -0.05) is 12.8 Å². The van der Waals surface area contributed by atoms with Gasteiger partial charge in [-0.2, -0.15) is 0 Å². The van der Waals surface area contributed by atoms with E-state index in [9.17, 15) is 0 Å². The van der Waals surface area contributed by atoms with Gasteiger partial charge in [0.2, 0.25) is 0 Å². The molecule has 94 valence electrons. The van der Waals surface area contributed by atoms with Gasteiger partial charge in [-0.05, 0) is 12.8 Å². The normalized spacial score (nSPS) is 20.6. The van der Waals surface area contributed by atoms with Gasteiger partial charge in [-0.3, -0.25) is 0 Å². The van der Waals surface area contributed by atoms with E-state index in [1.54, 1.807) is 0 Å². The van der Waals surface area contributed by atoms with Crippen LogP contribution < -0.4 is 10.3 Å². The molecule has 0 amide bonds. The van der Waals surface area contributed by atoms with E-state index in [2.05, 4.69) is 29.1 Å². The lowest BCUT2D eigenvalue weighted by Gasteiger charge is -2.24. The van der Waals surface area contributed by atoms with Crippen LogP contribution in [0.3, 0.4) is 0 Å². The van der Waals surface area contributed by atoms with Gasteiger partial charge in [-0.25, -0.2) is 9.66 Å². The van der Waals surface area contributed by atoms with Crippen LogP contribution in [-0.2, 0) is 13.0 Å². The highest BCUT2D eigenvalue weighted by molar-refractivity contribution is 5.24. The maximum Gasteiger partial charge on any atom is 0.131 e. The quantitative estimate of drug-likeness (QED) is 0.839. The molecule has 1 aromatic heterocycles. The molecule has 2 heterocycles. The van der Waals surface area contributed by atoms with Gasteiger partial charge in [0, 0.05) is 39.5 Å². The van der Waals surface area contributed by atoms with Gasteiger partial charge in [0.25, 0.3) is 0 Å². The molecular formula is C13H22N4. The summed E-state index contributed by atoms with van der Waals surface area (Å²) < 4.78 is 2.37. The summed E-state index contributed by atoms with van der Waals surface area (Å²) in [4.78, 5) is 4.91. The predicted molar refractivity (Wildman–Crippen MR) is 68.9 cm³/mol. The zero-order valence-corrected chi connectivity index (χ0v) is 10.9. The standard InChI is InChI=1S/C13H22N4/c1-16(2)17-12-7-8-14-9-11(12)15-13(17)10-5-3-4-6-10/h10,14H,3-9H2,1-2H3. The van der Waals surface area contributed by atoms with Crippen molar-refractivity contribution in [2.75, 3.05) is 25.6 Å². The van der Waals surface area contributed by atoms with Crippen molar-refractivity contribution in [2.45, 2.75) is 44.6 Å². The molecule has 3 rings (SSSR count). The lowest BCUT2D eigenvalue weighted by Crippen LogP contribution is -2.32. The molecule has 1 N–H and O–H groups in total. The second-order valence-electron chi connectivity index (χ2n) is 5.43. The van der Waals surface area contributed by atoms with Crippen molar-refractivity contribution in [3.63, 3.8) is 0 Å². The molecule has 0 unspecified atom stereocenters. The third-order valence-corrected chi connectivity index (χ3v) is 4.01. The van der Waals surface area contributed by atoms with Crippen LogP contribution in [0.5, 0.6) is 0 Å². The molecule has 4 nitrogen and oxygen atoms in total. The van der Waals surface area contributed by atoms with Crippen molar-refractivity contribution in [1.29, 1.82) is 0 Å². The molecule has 0 bridgehead atoms. The second-order valence-corrected chi connectivity index (χ2v) is 5.43. The van der Waals surface area contributed by atoms with Crippen LogP contribution in [0, 0.1) is 0 Å². The number of rotatable bonds is 2. The molecule has 1 aliphatic heterocycles. The second kappa shape index (κ2) is 4.33. The number of fused-ring (bicyclic) bond motifs is 1. The molecule has 2 aliphatic rings. The van der Waals surface area contributed by atoms with Crippen LogP contribution >= 0.6 is 0 Å². The molecule has 4 heteroatoms. The topological polar surface area (TPSA) is 33.1 Å². The lowest BCUT2D eigenvalue weighted by molar-refractivity contribution is 0.561. The Bertz CT molecular complexity index is 402. The zero-order chi connectivity index (χ0) is 11.8. The Morgan fingerprint density at radius 2 is 2.06 bits per heavy atom. The monoisotopic (exact) mass is 234 g/mol. The van der Waals surface area contributed by atoms with E-state index in [1.165, 1.54) is 42.9 Å². The Balaban J connectivity index is 2.03. The minimum atomic E-state index is 0.683. The van der Waals surface area contributed by atoms with Gasteiger partial charge < -0.3 is 10.3 Å². The lowest BCUT2D eigenvalue weighted by atomic mass is 10.1. The minimum absolute atomic E-state index is 0.683. The average molecular weight is 234 g/mol. The molecule has 1 aromatic rings. The number of aromatic nitrogens is 2. The maximum absolute atomic E-state index is 4.91. The van der Waals surface area contributed by atoms with Crippen molar-refractivity contribution in [3.05, 3.63) is 17.2 Å². The molecule has 1 saturated carbocycles. The molecule has 0 spiro atoms.